The highest BCUT2D eigenvalue weighted by atomic mass is 16.5. The van der Waals surface area contributed by atoms with Crippen molar-refractivity contribution in [2.24, 2.45) is 0 Å². The molecule has 160 valence electrons. The van der Waals surface area contributed by atoms with Gasteiger partial charge >= 0.3 is 0 Å². The Balaban J connectivity index is 1.86. The van der Waals surface area contributed by atoms with Crippen LogP contribution in [0, 0.1) is 0 Å². The van der Waals surface area contributed by atoms with Crippen LogP contribution in [0.4, 0.5) is 5.69 Å². The molecule has 0 radical (unpaired) electrons. The van der Waals surface area contributed by atoms with Gasteiger partial charge in [0.25, 0.3) is 0 Å². The van der Waals surface area contributed by atoms with Crippen LogP contribution < -0.4 is 9.64 Å². The molecule has 3 heteroatoms. The van der Waals surface area contributed by atoms with E-state index >= 15 is 0 Å². The number of hydrogen-bond donors (Lipinski definition) is 0. The highest BCUT2D eigenvalue weighted by Crippen LogP contribution is 2.39. The summed E-state index contributed by atoms with van der Waals surface area (Å²) >= 11 is 0. The van der Waals surface area contributed by atoms with Crippen LogP contribution >= 0.6 is 0 Å². The Morgan fingerprint density at radius 3 is 2.10 bits per heavy atom. The Hall–Kier alpha value is -3.20. The standard InChI is InChI=1S/C28H31NO2/c1-28(2,3)22-12-10-20(11-13-22)27-26-9-7-6-8-21(26)18-25(31-5)19-29(27)23-14-16-24(30-4)17-15-23/h6-18,27H,19H2,1-5H3. The zero-order valence-corrected chi connectivity index (χ0v) is 19.1. The van der Waals surface area contributed by atoms with Gasteiger partial charge in [-0.15, -0.1) is 0 Å². The average molecular weight is 414 g/mol. The van der Waals surface area contributed by atoms with Crippen molar-refractivity contribution in [3.8, 4) is 5.75 Å². The summed E-state index contributed by atoms with van der Waals surface area (Å²) in [5, 5.41) is 0. The molecule has 0 N–H and O–H groups in total. The first-order valence-electron chi connectivity index (χ1n) is 10.8. The third kappa shape index (κ3) is 4.32. The zero-order chi connectivity index (χ0) is 22.0. The molecule has 1 unspecified atom stereocenters. The van der Waals surface area contributed by atoms with Gasteiger partial charge in [-0.3, -0.25) is 0 Å². The van der Waals surface area contributed by atoms with Crippen LogP contribution in [-0.2, 0) is 10.2 Å². The van der Waals surface area contributed by atoms with Gasteiger partial charge in [-0.1, -0.05) is 69.3 Å². The van der Waals surface area contributed by atoms with Gasteiger partial charge in [0.2, 0.25) is 0 Å². The molecule has 0 aromatic heterocycles. The number of nitrogens with zero attached hydrogens (tertiary/aromatic N) is 1. The molecular formula is C28H31NO2. The second-order valence-corrected chi connectivity index (χ2v) is 9.04. The molecule has 4 rings (SSSR count). The summed E-state index contributed by atoms with van der Waals surface area (Å²) in [6.07, 6.45) is 2.16. The Labute approximate surface area is 185 Å². The predicted octanol–water partition coefficient (Wildman–Crippen LogP) is 6.59. The van der Waals surface area contributed by atoms with Crippen molar-refractivity contribution in [3.63, 3.8) is 0 Å². The summed E-state index contributed by atoms with van der Waals surface area (Å²) in [6, 6.07) is 26.0. The lowest BCUT2D eigenvalue weighted by Gasteiger charge is -2.34. The molecule has 0 bridgehead atoms. The monoisotopic (exact) mass is 413 g/mol. The van der Waals surface area contributed by atoms with Crippen molar-refractivity contribution in [1.29, 1.82) is 0 Å². The molecule has 0 aliphatic carbocycles. The highest BCUT2D eigenvalue weighted by Gasteiger charge is 2.29. The maximum atomic E-state index is 5.77. The van der Waals surface area contributed by atoms with E-state index in [9.17, 15) is 0 Å². The fourth-order valence-electron chi connectivity index (χ4n) is 4.20. The second-order valence-electron chi connectivity index (χ2n) is 9.04. The van der Waals surface area contributed by atoms with Crippen molar-refractivity contribution in [1.82, 2.24) is 0 Å². The number of fused-ring (bicyclic) bond motifs is 1. The molecule has 0 spiro atoms. The molecule has 3 nitrogen and oxygen atoms in total. The van der Waals surface area contributed by atoms with E-state index in [0.717, 1.165) is 17.2 Å². The summed E-state index contributed by atoms with van der Waals surface area (Å²) < 4.78 is 11.1. The number of rotatable bonds is 4. The van der Waals surface area contributed by atoms with Crippen LogP contribution in [0.2, 0.25) is 0 Å². The highest BCUT2D eigenvalue weighted by molar-refractivity contribution is 5.65. The third-order valence-electron chi connectivity index (χ3n) is 6.00. The van der Waals surface area contributed by atoms with Gasteiger partial charge < -0.3 is 14.4 Å². The first-order chi connectivity index (χ1) is 14.9. The van der Waals surface area contributed by atoms with E-state index in [1.54, 1.807) is 14.2 Å². The summed E-state index contributed by atoms with van der Waals surface area (Å²) in [6.45, 7) is 7.44. The number of hydrogen-bond acceptors (Lipinski definition) is 3. The van der Waals surface area contributed by atoms with Gasteiger partial charge in [-0.25, -0.2) is 0 Å². The molecule has 1 aliphatic rings. The van der Waals surface area contributed by atoms with Crippen LogP contribution in [0.3, 0.4) is 0 Å². The van der Waals surface area contributed by atoms with Crippen molar-refractivity contribution >= 4 is 11.8 Å². The largest absolute Gasteiger partial charge is 0.499 e. The van der Waals surface area contributed by atoms with Crippen LogP contribution in [0.25, 0.3) is 6.08 Å². The van der Waals surface area contributed by atoms with E-state index in [1.165, 1.54) is 22.3 Å². The second kappa shape index (κ2) is 8.50. The van der Waals surface area contributed by atoms with Crippen LogP contribution in [0.1, 0.15) is 49.1 Å². The van der Waals surface area contributed by atoms with Crippen molar-refractivity contribution in [2.45, 2.75) is 32.2 Å². The smallest absolute Gasteiger partial charge is 0.119 e. The topological polar surface area (TPSA) is 21.7 Å². The average Bonchev–Trinajstić information content (AvgIpc) is 2.95. The molecule has 0 fully saturated rings. The van der Waals surface area contributed by atoms with E-state index < -0.39 is 0 Å². The number of methoxy groups -OCH3 is 2. The van der Waals surface area contributed by atoms with Gasteiger partial charge in [-0.05, 0) is 58.0 Å². The number of ether oxygens (including phenoxy) is 2. The van der Waals surface area contributed by atoms with Crippen LogP contribution in [0.15, 0.2) is 78.6 Å². The van der Waals surface area contributed by atoms with Crippen LogP contribution in [-0.4, -0.2) is 20.8 Å². The molecule has 31 heavy (non-hydrogen) atoms. The summed E-state index contributed by atoms with van der Waals surface area (Å²) in [4.78, 5) is 2.41. The SMILES string of the molecule is COC1=Cc2ccccc2C(c2ccc(C(C)(C)C)cc2)N(c2ccc(OC)cc2)C1. The van der Waals surface area contributed by atoms with Gasteiger partial charge in [0.15, 0.2) is 0 Å². The maximum Gasteiger partial charge on any atom is 0.119 e. The third-order valence-corrected chi connectivity index (χ3v) is 6.00. The van der Waals surface area contributed by atoms with Gasteiger partial charge in [-0.2, -0.15) is 0 Å². The Kier molecular flexibility index (Phi) is 5.77. The van der Waals surface area contributed by atoms with E-state index in [4.69, 9.17) is 9.47 Å². The molecule has 0 saturated carbocycles. The lowest BCUT2D eigenvalue weighted by molar-refractivity contribution is 0.288. The van der Waals surface area contributed by atoms with Gasteiger partial charge in [0, 0.05) is 5.69 Å². The fourth-order valence-corrected chi connectivity index (χ4v) is 4.20. The molecule has 0 saturated heterocycles. The number of anilines is 1. The molecule has 0 amide bonds. The van der Waals surface area contributed by atoms with Crippen molar-refractivity contribution < 1.29 is 9.47 Å². The quantitative estimate of drug-likeness (QED) is 0.482. The molecule has 3 aromatic rings. The maximum absolute atomic E-state index is 5.77. The van der Waals surface area contributed by atoms with Gasteiger partial charge in [0.1, 0.15) is 11.5 Å². The summed E-state index contributed by atoms with van der Waals surface area (Å²) in [7, 11) is 3.45. The van der Waals surface area contributed by atoms with E-state index in [2.05, 4.69) is 92.4 Å². The minimum atomic E-state index is 0.0718. The molecule has 1 heterocycles. The lowest BCUT2D eigenvalue weighted by atomic mass is 9.85. The number of benzene rings is 3. The first kappa shape index (κ1) is 21.0. The van der Waals surface area contributed by atoms with Gasteiger partial charge in [0.05, 0.1) is 26.8 Å². The molecule has 1 atom stereocenters. The first-order valence-corrected chi connectivity index (χ1v) is 10.8. The zero-order valence-electron chi connectivity index (χ0n) is 19.1. The minimum Gasteiger partial charge on any atom is -0.499 e. The Morgan fingerprint density at radius 1 is 0.806 bits per heavy atom. The molecule has 1 aliphatic heterocycles. The lowest BCUT2D eigenvalue weighted by Crippen LogP contribution is -2.31. The molecular weight excluding hydrogens is 382 g/mol. The Morgan fingerprint density at radius 2 is 1.48 bits per heavy atom. The van der Waals surface area contributed by atoms with E-state index in [0.29, 0.717) is 6.54 Å². The normalized spacial score (nSPS) is 16.2. The summed E-state index contributed by atoms with van der Waals surface area (Å²) in [5.74, 6) is 1.80. The van der Waals surface area contributed by atoms with Crippen molar-refractivity contribution in [3.05, 3.63) is 101 Å². The van der Waals surface area contributed by atoms with Crippen LogP contribution in [0.5, 0.6) is 5.75 Å². The molecule has 3 aromatic carbocycles. The predicted molar refractivity (Wildman–Crippen MR) is 129 cm³/mol. The van der Waals surface area contributed by atoms with Crippen molar-refractivity contribution in [2.75, 3.05) is 25.7 Å². The fraction of sp³-hybridized carbons (Fsp3) is 0.286. The Bertz CT molecular complexity index is 1060. The minimum absolute atomic E-state index is 0.0718. The summed E-state index contributed by atoms with van der Waals surface area (Å²) in [5.41, 5.74) is 6.33. The van der Waals surface area contributed by atoms with E-state index in [-0.39, 0.29) is 11.5 Å². The van der Waals surface area contributed by atoms with E-state index in [1.807, 2.05) is 12.1 Å².